The average molecular weight is 352 g/mol. The van der Waals surface area contributed by atoms with Gasteiger partial charge in [-0.1, -0.05) is 28.4 Å². The molecule has 0 aliphatic carbocycles. The molecule has 0 radical (unpaired) electrons. The molecule has 19 heavy (non-hydrogen) atoms. The Morgan fingerprint density at radius 1 is 1.47 bits per heavy atom. The zero-order valence-corrected chi connectivity index (χ0v) is 13.5. The maximum Gasteiger partial charge on any atom is 0.128 e. The van der Waals surface area contributed by atoms with Crippen molar-refractivity contribution in [3.8, 4) is 0 Å². The van der Waals surface area contributed by atoms with Crippen molar-refractivity contribution in [1.82, 2.24) is 4.90 Å². The quantitative estimate of drug-likeness (QED) is 0.899. The molecule has 2 N–H and O–H groups in total. The van der Waals surface area contributed by atoms with E-state index >= 15 is 0 Å². The predicted octanol–water partition coefficient (Wildman–Crippen LogP) is 3.71. The Bertz CT molecular complexity index is 394. The summed E-state index contributed by atoms with van der Waals surface area (Å²) >= 11 is 3.43. The molecule has 1 heterocycles. The van der Waals surface area contributed by atoms with Gasteiger partial charge in [0, 0.05) is 28.7 Å². The van der Waals surface area contributed by atoms with E-state index in [-0.39, 0.29) is 24.3 Å². The molecule has 1 fully saturated rings. The number of hydrogen-bond donors (Lipinski definition) is 1. The second-order valence-electron chi connectivity index (χ2n) is 5.09. The summed E-state index contributed by atoms with van der Waals surface area (Å²) in [6, 6.07) is 5.64. The molecular weight excluding hydrogens is 331 g/mol. The molecule has 1 aliphatic heterocycles. The minimum absolute atomic E-state index is 0. The summed E-state index contributed by atoms with van der Waals surface area (Å²) in [5.41, 5.74) is 6.78. The molecule has 1 aliphatic rings. The van der Waals surface area contributed by atoms with E-state index in [1.165, 1.54) is 18.9 Å². The van der Waals surface area contributed by atoms with Gasteiger partial charge in [0.25, 0.3) is 0 Å². The predicted molar refractivity (Wildman–Crippen MR) is 83.0 cm³/mol. The number of nitrogens with two attached hydrogens (primary N) is 1. The number of hydrogen-bond acceptors (Lipinski definition) is 2. The minimum Gasteiger partial charge on any atom is -0.327 e. The molecular formula is C14H21BrClFN2. The molecule has 2 nitrogen and oxygen atoms in total. The Kier molecular flexibility index (Phi) is 6.74. The SMILES string of the molecule is CC(N)C1CCCCN1Cc1c(F)cccc1Br.Cl. The van der Waals surface area contributed by atoms with Gasteiger partial charge in [0.15, 0.2) is 0 Å². The van der Waals surface area contributed by atoms with Crippen LogP contribution in [0.5, 0.6) is 0 Å². The first-order chi connectivity index (χ1) is 8.59. The van der Waals surface area contributed by atoms with Crippen molar-refractivity contribution in [2.75, 3.05) is 6.54 Å². The van der Waals surface area contributed by atoms with Gasteiger partial charge >= 0.3 is 0 Å². The van der Waals surface area contributed by atoms with Crippen LogP contribution in [0.1, 0.15) is 31.7 Å². The molecule has 108 valence electrons. The molecule has 0 saturated carbocycles. The molecule has 0 spiro atoms. The van der Waals surface area contributed by atoms with Gasteiger partial charge in [-0.2, -0.15) is 0 Å². The van der Waals surface area contributed by atoms with Crippen LogP contribution in [0, 0.1) is 5.82 Å². The normalized spacial score (nSPS) is 21.8. The molecule has 1 aromatic carbocycles. The van der Waals surface area contributed by atoms with Crippen LogP contribution in [0.3, 0.4) is 0 Å². The van der Waals surface area contributed by atoms with Crippen molar-refractivity contribution < 1.29 is 4.39 Å². The molecule has 1 aromatic rings. The standard InChI is InChI=1S/C14H20BrFN2.ClH/c1-10(17)14-7-2-3-8-18(14)9-11-12(15)5-4-6-13(11)16;/h4-6,10,14H,2-3,7-9,17H2,1H3;1H. The first-order valence-electron chi connectivity index (χ1n) is 6.52. The van der Waals surface area contributed by atoms with E-state index < -0.39 is 0 Å². The lowest BCUT2D eigenvalue weighted by Gasteiger charge is -2.38. The highest BCUT2D eigenvalue weighted by atomic mass is 79.9. The Hall–Kier alpha value is -0.160. The minimum atomic E-state index is -0.140. The topological polar surface area (TPSA) is 29.3 Å². The van der Waals surface area contributed by atoms with Gasteiger partial charge in [0.1, 0.15) is 5.82 Å². The Morgan fingerprint density at radius 2 is 2.21 bits per heavy atom. The zero-order valence-electron chi connectivity index (χ0n) is 11.1. The van der Waals surface area contributed by atoms with Crippen molar-refractivity contribution in [1.29, 1.82) is 0 Å². The van der Waals surface area contributed by atoms with Crippen molar-refractivity contribution >= 4 is 28.3 Å². The molecule has 2 atom stereocenters. The third-order valence-corrected chi connectivity index (χ3v) is 4.44. The Labute approximate surface area is 129 Å². The summed E-state index contributed by atoms with van der Waals surface area (Å²) in [7, 11) is 0. The summed E-state index contributed by atoms with van der Waals surface area (Å²) in [6.45, 7) is 3.69. The van der Waals surface area contributed by atoms with E-state index in [4.69, 9.17) is 5.73 Å². The lowest BCUT2D eigenvalue weighted by Crippen LogP contribution is -2.48. The van der Waals surface area contributed by atoms with Gasteiger partial charge in [-0.15, -0.1) is 12.4 Å². The molecule has 2 unspecified atom stereocenters. The molecule has 2 rings (SSSR count). The van der Waals surface area contributed by atoms with Crippen molar-refractivity contribution in [2.24, 2.45) is 5.73 Å². The summed E-state index contributed by atoms with van der Waals surface area (Å²) < 4.78 is 14.7. The summed E-state index contributed by atoms with van der Waals surface area (Å²) in [4.78, 5) is 2.32. The molecule has 1 saturated heterocycles. The van der Waals surface area contributed by atoms with E-state index in [9.17, 15) is 4.39 Å². The molecule has 0 amide bonds. The van der Waals surface area contributed by atoms with Gasteiger partial charge in [-0.25, -0.2) is 4.39 Å². The van der Waals surface area contributed by atoms with Crippen LogP contribution in [0.4, 0.5) is 4.39 Å². The molecule has 0 aromatic heterocycles. The van der Waals surface area contributed by atoms with Crippen molar-refractivity contribution in [3.05, 3.63) is 34.1 Å². The van der Waals surface area contributed by atoms with Gasteiger partial charge in [0.05, 0.1) is 0 Å². The summed E-state index contributed by atoms with van der Waals surface area (Å²) in [6.07, 6.45) is 3.51. The largest absolute Gasteiger partial charge is 0.327 e. The number of benzene rings is 1. The van der Waals surface area contributed by atoms with E-state index in [2.05, 4.69) is 20.8 Å². The number of rotatable bonds is 3. The molecule has 0 bridgehead atoms. The van der Waals surface area contributed by atoms with Crippen LogP contribution in [-0.2, 0) is 6.54 Å². The van der Waals surface area contributed by atoms with Crippen LogP contribution >= 0.6 is 28.3 Å². The highest BCUT2D eigenvalue weighted by molar-refractivity contribution is 9.10. The third-order valence-electron chi connectivity index (χ3n) is 3.69. The smallest absolute Gasteiger partial charge is 0.128 e. The third kappa shape index (κ3) is 4.15. The van der Waals surface area contributed by atoms with Crippen molar-refractivity contribution in [3.63, 3.8) is 0 Å². The second kappa shape index (κ2) is 7.58. The van der Waals surface area contributed by atoms with Gasteiger partial charge in [0.2, 0.25) is 0 Å². The maximum atomic E-state index is 13.8. The van der Waals surface area contributed by atoms with E-state index in [0.717, 1.165) is 23.0 Å². The Morgan fingerprint density at radius 3 is 2.84 bits per heavy atom. The van der Waals surface area contributed by atoms with Gasteiger partial charge < -0.3 is 5.73 Å². The maximum absolute atomic E-state index is 13.8. The van der Waals surface area contributed by atoms with Crippen LogP contribution < -0.4 is 5.73 Å². The van der Waals surface area contributed by atoms with Crippen molar-refractivity contribution in [2.45, 2.75) is 44.8 Å². The first-order valence-corrected chi connectivity index (χ1v) is 7.31. The summed E-state index contributed by atoms with van der Waals surface area (Å²) in [5.74, 6) is -0.140. The monoisotopic (exact) mass is 350 g/mol. The lowest BCUT2D eigenvalue weighted by atomic mass is 9.96. The van der Waals surface area contributed by atoms with Gasteiger partial charge in [-0.3, -0.25) is 4.90 Å². The number of piperidine rings is 1. The second-order valence-corrected chi connectivity index (χ2v) is 5.95. The van der Waals surface area contributed by atoms with Crippen LogP contribution in [0.2, 0.25) is 0 Å². The number of likely N-dealkylation sites (tertiary alicyclic amines) is 1. The highest BCUT2D eigenvalue weighted by Gasteiger charge is 2.26. The highest BCUT2D eigenvalue weighted by Crippen LogP contribution is 2.26. The Balaban J connectivity index is 0.00000180. The van der Waals surface area contributed by atoms with E-state index in [1.54, 1.807) is 6.07 Å². The fourth-order valence-corrected chi connectivity index (χ4v) is 3.16. The average Bonchev–Trinajstić information content (AvgIpc) is 2.34. The first kappa shape index (κ1) is 16.9. The summed E-state index contributed by atoms with van der Waals surface area (Å²) in [5, 5.41) is 0. The van der Waals surface area contributed by atoms with E-state index in [1.807, 2.05) is 13.0 Å². The fraction of sp³-hybridized carbons (Fsp3) is 0.571. The van der Waals surface area contributed by atoms with Crippen LogP contribution in [0.15, 0.2) is 22.7 Å². The van der Waals surface area contributed by atoms with Gasteiger partial charge in [-0.05, 0) is 38.4 Å². The fourth-order valence-electron chi connectivity index (χ4n) is 2.69. The van der Waals surface area contributed by atoms with Crippen LogP contribution in [-0.4, -0.2) is 23.5 Å². The lowest BCUT2D eigenvalue weighted by molar-refractivity contribution is 0.121. The zero-order chi connectivity index (χ0) is 13.1. The number of halogens is 3. The van der Waals surface area contributed by atoms with E-state index in [0.29, 0.717) is 12.6 Å². The van der Waals surface area contributed by atoms with Crippen LogP contribution in [0.25, 0.3) is 0 Å². The molecule has 5 heteroatoms. The number of nitrogens with zero attached hydrogens (tertiary/aromatic N) is 1.